The lowest BCUT2D eigenvalue weighted by Gasteiger charge is -2.18. The van der Waals surface area contributed by atoms with Crippen molar-refractivity contribution in [2.24, 2.45) is 0 Å². The Kier molecular flexibility index (Phi) is 3.06. The van der Waals surface area contributed by atoms with Gasteiger partial charge in [0.2, 0.25) is 0 Å². The van der Waals surface area contributed by atoms with Crippen LogP contribution in [-0.4, -0.2) is 11.2 Å². The van der Waals surface area contributed by atoms with Crippen LogP contribution in [0.2, 0.25) is 0 Å². The van der Waals surface area contributed by atoms with Crippen LogP contribution in [-0.2, 0) is 0 Å². The zero-order chi connectivity index (χ0) is 11.7. The van der Waals surface area contributed by atoms with Crippen LogP contribution in [0, 0.1) is 18.6 Å². The van der Waals surface area contributed by atoms with Crippen LogP contribution in [0.1, 0.15) is 30.4 Å². The molecular formula is C13H14F2O. The van der Waals surface area contributed by atoms with Gasteiger partial charge in [-0.05, 0) is 37.3 Å². The molecule has 86 valence electrons. The van der Waals surface area contributed by atoms with E-state index >= 15 is 0 Å². The van der Waals surface area contributed by atoms with Gasteiger partial charge in [-0.15, -0.1) is 0 Å². The third-order valence-corrected chi connectivity index (χ3v) is 2.96. The van der Waals surface area contributed by atoms with Gasteiger partial charge >= 0.3 is 0 Å². The summed E-state index contributed by atoms with van der Waals surface area (Å²) in [7, 11) is 0. The van der Waals surface area contributed by atoms with E-state index in [0.717, 1.165) is 6.42 Å². The fraction of sp³-hybridized carbons (Fsp3) is 0.385. The Bertz CT molecular complexity index is 438. The third-order valence-electron chi connectivity index (χ3n) is 2.96. The van der Waals surface area contributed by atoms with Gasteiger partial charge in [0.25, 0.3) is 0 Å². The van der Waals surface area contributed by atoms with Crippen LogP contribution in [0.5, 0.6) is 0 Å². The molecular weight excluding hydrogens is 210 g/mol. The minimum atomic E-state index is -0.805. The predicted molar refractivity (Wildman–Crippen MR) is 58.9 cm³/mol. The molecule has 2 rings (SSSR count). The van der Waals surface area contributed by atoms with Crippen molar-refractivity contribution in [3.63, 3.8) is 0 Å². The van der Waals surface area contributed by atoms with Crippen LogP contribution >= 0.6 is 0 Å². The largest absolute Gasteiger partial charge is 0.389 e. The summed E-state index contributed by atoms with van der Waals surface area (Å²) in [6.45, 7) is 1.53. The molecule has 0 heterocycles. The number of aryl methyl sites for hydroxylation is 1. The molecule has 0 spiro atoms. The van der Waals surface area contributed by atoms with Gasteiger partial charge in [-0.25, -0.2) is 8.78 Å². The summed E-state index contributed by atoms with van der Waals surface area (Å²) in [5.41, 5.74) is 1.29. The fourth-order valence-corrected chi connectivity index (χ4v) is 2.02. The molecule has 0 saturated heterocycles. The smallest absolute Gasteiger partial charge is 0.166 e. The average Bonchev–Trinajstić information content (AvgIpc) is 2.26. The summed E-state index contributed by atoms with van der Waals surface area (Å²) < 4.78 is 27.1. The topological polar surface area (TPSA) is 20.2 Å². The van der Waals surface area contributed by atoms with Crippen LogP contribution in [0.15, 0.2) is 18.2 Å². The first-order valence-electron chi connectivity index (χ1n) is 5.43. The second-order valence-electron chi connectivity index (χ2n) is 4.21. The molecule has 1 nitrogen and oxygen atoms in total. The summed E-state index contributed by atoms with van der Waals surface area (Å²) in [6.07, 6.45) is 3.28. The maximum atomic E-state index is 13.7. The van der Waals surface area contributed by atoms with E-state index in [1.54, 1.807) is 18.2 Å². The van der Waals surface area contributed by atoms with Gasteiger partial charge < -0.3 is 5.11 Å². The Hall–Kier alpha value is -1.22. The van der Waals surface area contributed by atoms with Gasteiger partial charge in [-0.3, -0.25) is 0 Å². The molecule has 1 aliphatic carbocycles. The molecule has 1 aromatic rings. The first-order chi connectivity index (χ1) is 7.59. The summed E-state index contributed by atoms with van der Waals surface area (Å²) in [6, 6.07) is 3.15. The van der Waals surface area contributed by atoms with E-state index in [1.165, 1.54) is 6.92 Å². The van der Waals surface area contributed by atoms with Crippen molar-refractivity contribution in [3.05, 3.63) is 41.0 Å². The van der Waals surface area contributed by atoms with Gasteiger partial charge in [0.15, 0.2) is 11.6 Å². The van der Waals surface area contributed by atoms with E-state index in [0.29, 0.717) is 24.0 Å². The number of halogens is 2. The molecule has 0 aromatic heterocycles. The Morgan fingerprint density at radius 3 is 2.69 bits per heavy atom. The first-order valence-corrected chi connectivity index (χ1v) is 5.43. The van der Waals surface area contributed by atoms with Gasteiger partial charge in [-0.1, -0.05) is 18.2 Å². The Labute approximate surface area is 93.4 Å². The second-order valence-corrected chi connectivity index (χ2v) is 4.21. The molecule has 1 atom stereocenters. The van der Waals surface area contributed by atoms with Gasteiger partial charge in [0.1, 0.15) is 0 Å². The zero-order valence-corrected chi connectivity index (χ0v) is 9.13. The van der Waals surface area contributed by atoms with Crippen molar-refractivity contribution in [1.29, 1.82) is 0 Å². The van der Waals surface area contributed by atoms with Crippen molar-refractivity contribution in [1.82, 2.24) is 0 Å². The predicted octanol–water partition coefficient (Wildman–Crippen LogP) is 3.20. The molecule has 1 aliphatic rings. The Balaban J connectivity index is 2.45. The molecule has 0 radical (unpaired) electrons. The molecule has 1 aromatic carbocycles. The maximum absolute atomic E-state index is 13.7. The number of hydrogen-bond donors (Lipinski definition) is 1. The molecule has 0 aliphatic heterocycles. The van der Waals surface area contributed by atoms with E-state index < -0.39 is 17.7 Å². The van der Waals surface area contributed by atoms with Crippen molar-refractivity contribution in [2.45, 2.75) is 32.3 Å². The first kappa shape index (κ1) is 11.3. The van der Waals surface area contributed by atoms with Crippen LogP contribution in [0.25, 0.3) is 5.57 Å². The lowest BCUT2D eigenvalue weighted by molar-refractivity contribution is 0.206. The lowest BCUT2D eigenvalue weighted by Crippen LogP contribution is -2.09. The van der Waals surface area contributed by atoms with Crippen molar-refractivity contribution >= 4 is 5.57 Å². The van der Waals surface area contributed by atoms with Gasteiger partial charge in [0, 0.05) is 5.56 Å². The van der Waals surface area contributed by atoms with Crippen LogP contribution in [0.3, 0.4) is 0 Å². The number of allylic oxidation sites excluding steroid dienone is 1. The van der Waals surface area contributed by atoms with E-state index in [2.05, 4.69) is 0 Å². The summed E-state index contributed by atoms with van der Waals surface area (Å²) >= 11 is 0. The lowest BCUT2D eigenvalue weighted by atomic mass is 9.91. The van der Waals surface area contributed by atoms with E-state index in [9.17, 15) is 13.9 Å². The normalized spacial score (nSPS) is 20.8. The van der Waals surface area contributed by atoms with Crippen molar-refractivity contribution < 1.29 is 13.9 Å². The SMILES string of the molecule is Cc1ccc(C2=CC(O)CCC2)c(F)c1F. The molecule has 16 heavy (non-hydrogen) atoms. The summed E-state index contributed by atoms with van der Waals surface area (Å²) in [5.74, 6) is -1.60. The average molecular weight is 224 g/mol. The number of aliphatic hydroxyl groups is 1. The number of hydrogen-bond acceptors (Lipinski definition) is 1. The Morgan fingerprint density at radius 1 is 1.25 bits per heavy atom. The fourth-order valence-electron chi connectivity index (χ4n) is 2.02. The van der Waals surface area contributed by atoms with E-state index in [4.69, 9.17) is 0 Å². The highest BCUT2D eigenvalue weighted by molar-refractivity contribution is 5.67. The zero-order valence-electron chi connectivity index (χ0n) is 9.13. The molecule has 0 amide bonds. The molecule has 1 N–H and O–H groups in total. The van der Waals surface area contributed by atoms with Gasteiger partial charge in [-0.2, -0.15) is 0 Å². The van der Waals surface area contributed by atoms with Crippen molar-refractivity contribution in [2.75, 3.05) is 0 Å². The highest BCUT2D eigenvalue weighted by atomic mass is 19.2. The molecule has 0 bridgehead atoms. The quantitative estimate of drug-likeness (QED) is 0.776. The molecule has 1 unspecified atom stereocenters. The van der Waals surface area contributed by atoms with E-state index in [1.807, 2.05) is 0 Å². The molecule has 0 saturated carbocycles. The van der Waals surface area contributed by atoms with E-state index in [-0.39, 0.29) is 5.56 Å². The van der Waals surface area contributed by atoms with Crippen LogP contribution < -0.4 is 0 Å². The molecule has 0 fully saturated rings. The standard InChI is InChI=1S/C13H14F2O/c1-8-5-6-11(13(15)12(8)14)9-3-2-4-10(16)7-9/h5-7,10,16H,2-4H2,1H3. The number of rotatable bonds is 1. The van der Waals surface area contributed by atoms with Crippen LogP contribution in [0.4, 0.5) is 8.78 Å². The van der Waals surface area contributed by atoms with Crippen molar-refractivity contribution in [3.8, 4) is 0 Å². The number of benzene rings is 1. The monoisotopic (exact) mass is 224 g/mol. The minimum absolute atomic E-state index is 0.279. The highest BCUT2D eigenvalue weighted by Gasteiger charge is 2.18. The summed E-state index contributed by atoms with van der Waals surface area (Å²) in [4.78, 5) is 0. The highest BCUT2D eigenvalue weighted by Crippen LogP contribution is 2.30. The van der Waals surface area contributed by atoms with Gasteiger partial charge in [0.05, 0.1) is 6.10 Å². The second kappa shape index (κ2) is 4.34. The third kappa shape index (κ3) is 2.00. The minimum Gasteiger partial charge on any atom is -0.389 e. The molecule has 3 heteroatoms. The Morgan fingerprint density at radius 2 is 2.00 bits per heavy atom. The maximum Gasteiger partial charge on any atom is 0.166 e. The summed E-state index contributed by atoms with van der Waals surface area (Å²) in [5, 5.41) is 9.46. The number of aliphatic hydroxyl groups excluding tert-OH is 1.